The van der Waals surface area contributed by atoms with Gasteiger partial charge in [-0.1, -0.05) is 30.3 Å². The Hall–Kier alpha value is -0.900. The second-order valence-corrected chi connectivity index (χ2v) is 4.47. The maximum atomic E-state index is 9.40. The van der Waals surface area contributed by atoms with Crippen LogP contribution in [0.1, 0.15) is 30.9 Å². The number of benzene rings is 1. The minimum atomic E-state index is -0.731. The minimum absolute atomic E-state index is 0.267. The van der Waals surface area contributed by atoms with Gasteiger partial charge in [-0.3, -0.25) is 4.90 Å². The second-order valence-electron chi connectivity index (χ2n) is 4.47. The van der Waals surface area contributed by atoms with Crippen LogP contribution in [0.15, 0.2) is 30.3 Å². The summed E-state index contributed by atoms with van der Waals surface area (Å²) in [7, 11) is 0. The van der Waals surface area contributed by atoms with E-state index in [1.165, 1.54) is 18.4 Å². The van der Waals surface area contributed by atoms with E-state index >= 15 is 0 Å². The summed E-state index contributed by atoms with van der Waals surface area (Å²) in [6.07, 6.45) is 2.39. The summed E-state index contributed by atoms with van der Waals surface area (Å²) in [5, 5.41) is 9.40. The molecular weight excluding hydrogens is 200 g/mol. The Balaban J connectivity index is 2.13. The third-order valence-electron chi connectivity index (χ3n) is 3.23. The molecule has 1 aliphatic rings. The lowest BCUT2D eigenvalue weighted by Gasteiger charge is -2.28. The Bertz CT molecular complexity index is 307. The van der Waals surface area contributed by atoms with Crippen molar-refractivity contribution in [3.63, 3.8) is 0 Å². The van der Waals surface area contributed by atoms with Gasteiger partial charge in [-0.2, -0.15) is 0 Å². The van der Waals surface area contributed by atoms with Gasteiger partial charge in [0.25, 0.3) is 0 Å². The first kappa shape index (κ1) is 11.6. The fourth-order valence-corrected chi connectivity index (χ4v) is 2.45. The number of rotatable bonds is 4. The van der Waals surface area contributed by atoms with E-state index in [0.717, 1.165) is 13.1 Å². The lowest BCUT2D eigenvalue weighted by Crippen LogP contribution is -2.32. The van der Waals surface area contributed by atoms with Crippen LogP contribution < -0.4 is 5.73 Å². The zero-order valence-corrected chi connectivity index (χ0v) is 9.55. The average Bonchev–Trinajstić information content (AvgIpc) is 2.80. The Morgan fingerprint density at radius 2 is 1.81 bits per heavy atom. The van der Waals surface area contributed by atoms with Crippen LogP contribution in [-0.2, 0) is 0 Å². The van der Waals surface area contributed by atoms with Crippen molar-refractivity contribution in [2.24, 2.45) is 5.73 Å². The van der Waals surface area contributed by atoms with Crippen molar-refractivity contribution in [2.75, 3.05) is 13.1 Å². The molecule has 0 bridgehead atoms. The maximum absolute atomic E-state index is 9.40. The quantitative estimate of drug-likeness (QED) is 0.756. The molecule has 1 saturated heterocycles. The van der Waals surface area contributed by atoms with Gasteiger partial charge < -0.3 is 10.8 Å². The fourth-order valence-electron chi connectivity index (χ4n) is 2.45. The number of nitrogens with two attached hydrogens (primary N) is 1. The molecule has 2 atom stereocenters. The van der Waals surface area contributed by atoms with Crippen LogP contribution in [0.5, 0.6) is 0 Å². The Morgan fingerprint density at radius 3 is 2.38 bits per heavy atom. The highest BCUT2D eigenvalue weighted by molar-refractivity contribution is 5.19. The number of likely N-dealkylation sites (tertiary alicyclic amines) is 1. The van der Waals surface area contributed by atoms with E-state index in [1.807, 2.05) is 18.2 Å². The summed E-state index contributed by atoms with van der Waals surface area (Å²) in [5.41, 5.74) is 6.79. The summed E-state index contributed by atoms with van der Waals surface area (Å²) in [4.78, 5) is 2.42. The van der Waals surface area contributed by atoms with Crippen LogP contribution in [0.4, 0.5) is 0 Å². The predicted molar refractivity (Wildman–Crippen MR) is 64.8 cm³/mol. The lowest BCUT2D eigenvalue weighted by molar-refractivity contribution is 0.117. The van der Waals surface area contributed by atoms with Gasteiger partial charge in [0, 0.05) is 12.5 Å². The highest BCUT2D eigenvalue weighted by atomic mass is 16.3. The third kappa shape index (κ3) is 2.82. The van der Waals surface area contributed by atoms with Crippen LogP contribution >= 0.6 is 0 Å². The molecule has 1 aromatic rings. The number of nitrogens with zero attached hydrogens (tertiary/aromatic N) is 1. The predicted octanol–water partition coefficient (Wildman–Crippen LogP) is 1.49. The van der Waals surface area contributed by atoms with Gasteiger partial charge >= 0.3 is 0 Å². The molecule has 0 amide bonds. The average molecular weight is 220 g/mol. The molecule has 1 aliphatic heterocycles. The van der Waals surface area contributed by atoms with E-state index in [0.29, 0.717) is 6.42 Å². The summed E-state index contributed by atoms with van der Waals surface area (Å²) < 4.78 is 0. The Kier molecular flexibility index (Phi) is 3.93. The SMILES string of the molecule is NC(O)CC(c1ccccc1)N1CCCC1. The first-order valence-electron chi connectivity index (χ1n) is 6.00. The topological polar surface area (TPSA) is 49.5 Å². The van der Waals surface area contributed by atoms with Crippen molar-refractivity contribution in [3.8, 4) is 0 Å². The van der Waals surface area contributed by atoms with Crippen molar-refractivity contribution < 1.29 is 5.11 Å². The van der Waals surface area contributed by atoms with Crippen molar-refractivity contribution >= 4 is 0 Å². The molecule has 1 heterocycles. The molecule has 3 heteroatoms. The van der Waals surface area contributed by atoms with E-state index in [-0.39, 0.29) is 6.04 Å². The Morgan fingerprint density at radius 1 is 1.19 bits per heavy atom. The van der Waals surface area contributed by atoms with Gasteiger partial charge in [-0.05, 0) is 31.5 Å². The molecule has 2 unspecified atom stereocenters. The van der Waals surface area contributed by atoms with Crippen LogP contribution in [0.2, 0.25) is 0 Å². The van der Waals surface area contributed by atoms with Crippen molar-refractivity contribution in [1.29, 1.82) is 0 Å². The first-order valence-corrected chi connectivity index (χ1v) is 6.00. The monoisotopic (exact) mass is 220 g/mol. The molecule has 0 radical (unpaired) electrons. The van der Waals surface area contributed by atoms with Gasteiger partial charge in [0.2, 0.25) is 0 Å². The highest BCUT2D eigenvalue weighted by Gasteiger charge is 2.24. The summed E-state index contributed by atoms with van der Waals surface area (Å²) in [6.45, 7) is 2.23. The normalized spacial score (nSPS) is 20.9. The molecule has 0 aliphatic carbocycles. The zero-order chi connectivity index (χ0) is 11.4. The molecule has 0 aromatic heterocycles. The van der Waals surface area contributed by atoms with Gasteiger partial charge in [-0.25, -0.2) is 0 Å². The summed E-state index contributed by atoms with van der Waals surface area (Å²) in [6, 6.07) is 10.6. The van der Waals surface area contributed by atoms with Gasteiger partial charge in [0.05, 0.1) is 0 Å². The molecule has 16 heavy (non-hydrogen) atoms. The van der Waals surface area contributed by atoms with Crippen LogP contribution in [0.3, 0.4) is 0 Å². The molecular formula is C13H20N2O. The zero-order valence-electron chi connectivity index (χ0n) is 9.55. The van der Waals surface area contributed by atoms with Crippen LogP contribution in [-0.4, -0.2) is 29.3 Å². The standard InChI is InChI=1S/C13H20N2O/c14-13(16)10-12(15-8-4-5-9-15)11-6-2-1-3-7-11/h1-3,6-7,12-13,16H,4-5,8-10,14H2. The summed E-state index contributed by atoms with van der Waals surface area (Å²) >= 11 is 0. The van der Waals surface area contributed by atoms with Crippen molar-refractivity contribution in [1.82, 2.24) is 4.90 Å². The highest BCUT2D eigenvalue weighted by Crippen LogP contribution is 2.28. The molecule has 88 valence electrons. The van der Waals surface area contributed by atoms with Crippen molar-refractivity contribution in [2.45, 2.75) is 31.5 Å². The van der Waals surface area contributed by atoms with E-state index in [2.05, 4.69) is 17.0 Å². The van der Waals surface area contributed by atoms with Crippen LogP contribution in [0.25, 0.3) is 0 Å². The molecule has 0 saturated carbocycles. The molecule has 3 nitrogen and oxygen atoms in total. The lowest BCUT2D eigenvalue weighted by atomic mass is 10.0. The fraction of sp³-hybridized carbons (Fsp3) is 0.538. The van der Waals surface area contributed by atoms with Crippen molar-refractivity contribution in [3.05, 3.63) is 35.9 Å². The third-order valence-corrected chi connectivity index (χ3v) is 3.23. The molecule has 2 rings (SSSR count). The first-order chi connectivity index (χ1) is 7.77. The number of aliphatic hydroxyl groups excluding tert-OH is 1. The minimum Gasteiger partial charge on any atom is -0.379 e. The number of hydrogen-bond acceptors (Lipinski definition) is 3. The van der Waals surface area contributed by atoms with E-state index in [4.69, 9.17) is 5.73 Å². The van der Waals surface area contributed by atoms with Gasteiger partial charge in [0.1, 0.15) is 6.23 Å². The van der Waals surface area contributed by atoms with E-state index in [9.17, 15) is 5.11 Å². The second kappa shape index (κ2) is 5.43. The molecule has 1 aromatic carbocycles. The molecule has 1 fully saturated rings. The number of aliphatic hydroxyl groups is 1. The Labute approximate surface area is 96.9 Å². The van der Waals surface area contributed by atoms with Crippen LogP contribution in [0, 0.1) is 0 Å². The largest absolute Gasteiger partial charge is 0.379 e. The van der Waals surface area contributed by atoms with Gasteiger partial charge in [-0.15, -0.1) is 0 Å². The smallest absolute Gasteiger partial charge is 0.104 e. The molecule has 0 spiro atoms. The van der Waals surface area contributed by atoms with E-state index in [1.54, 1.807) is 0 Å². The van der Waals surface area contributed by atoms with E-state index < -0.39 is 6.23 Å². The van der Waals surface area contributed by atoms with Gasteiger partial charge in [0.15, 0.2) is 0 Å². The summed E-state index contributed by atoms with van der Waals surface area (Å²) in [5.74, 6) is 0. The maximum Gasteiger partial charge on any atom is 0.104 e. The molecule has 3 N–H and O–H groups in total. The number of hydrogen-bond donors (Lipinski definition) is 2.